The van der Waals surface area contributed by atoms with Gasteiger partial charge >= 0.3 is 0 Å². The van der Waals surface area contributed by atoms with Crippen molar-refractivity contribution in [1.82, 2.24) is 0 Å². The zero-order valence-corrected chi connectivity index (χ0v) is 17.7. The summed E-state index contributed by atoms with van der Waals surface area (Å²) in [4.78, 5) is 1.92. The molecule has 1 aliphatic rings. The lowest BCUT2D eigenvalue weighted by Gasteiger charge is -2.21. The lowest BCUT2D eigenvalue weighted by atomic mass is 10.2. The van der Waals surface area contributed by atoms with E-state index in [1.165, 1.54) is 24.3 Å². The molecular formula is C18H20ClFN2O4S2. The largest absolute Gasteiger partial charge is 0.379 e. The molecule has 0 saturated carbocycles. The smallest absolute Gasteiger partial charge is 0.177 e. The van der Waals surface area contributed by atoms with Crippen molar-refractivity contribution in [3.05, 3.63) is 47.2 Å². The Kier molecular flexibility index (Phi) is 5.62. The van der Waals surface area contributed by atoms with Gasteiger partial charge in [0.25, 0.3) is 0 Å². The van der Waals surface area contributed by atoms with Crippen molar-refractivity contribution in [3.63, 3.8) is 0 Å². The van der Waals surface area contributed by atoms with Gasteiger partial charge in [0.15, 0.2) is 19.7 Å². The van der Waals surface area contributed by atoms with Gasteiger partial charge in [0.05, 0.1) is 20.5 Å². The standard InChI is InChI=1S/C18H20ClFN2O4S2/c1-27(23,24)14-4-6-17(18(10-14)28(2,25)26)21-12-7-8-22(11-12)13-3-5-16(20)15(19)9-13/h3-6,9-10,12,21H,7-8,11H2,1-2H3. The summed E-state index contributed by atoms with van der Waals surface area (Å²) in [6.07, 6.45) is 2.80. The van der Waals surface area contributed by atoms with Gasteiger partial charge in [0.2, 0.25) is 0 Å². The first-order chi connectivity index (χ1) is 12.9. The van der Waals surface area contributed by atoms with Gasteiger partial charge in [-0.1, -0.05) is 11.6 Å². The quantitative estimate of drug-likeness (QED) is 0.760. The highest BCUT2D eigenvalue weighted by atomic mass is 35.5. The van der Waals surface area contributed by atoms with Crippen LogP contribution in [-0.2, 0) is 19.7 Å². The summed E-state index contributed by atoms with van der Waals surface area (Å²) in [5, 5.41) is 3.24. The molecule has 1 heterocycles. The second-order valence-electron chi connectivity index (χ2n) is 6.88. The van der Waals surface area contributed by atoms with Gasteiger partial charge in [-0.25, -0.2) is 21.2 Å². The maximum absolute atomic E-state index is 13.4. The first-order valence-electron chi connectivity index (χ1n) is 8.46. The van der Waals surface area contributed by atoms with E-state index in [1.54, 1.807) is 12.1 Å². The summed E-state index contributed by atoms with van der Waals surface area (Å²) in [5.41, 5.74) is 1.14. The van der Waals surface area contributed by atoms with Crippen molar-refractivity contribution in [2.24, 2.45) is 0 Å². The molecule has 1 fully saturated rings. The van der Waals surface area contributed by atoms with Gasteiger partial charge in [-0.3, -0.25) is 0 Å². The van der Waals surface area contributed by atoms with Crippen molar-refractivity contribution < 1.29 is 21.2 Å². The van der Waals surface area contributed by atoms with Crippen molar-refractivity contribution in [2.75, 3.05) is 35.8 Å². The summed E-state index contributed by atoms with van der Waals surface area (Å²) >= 11 is 5.85. The molecule has 0 aromatic heterocycles. The number of hydrogen-bond donors (Lipinski definition) is 1. The van der Waals surface area contributed by atoms with Crippen LogP contribution >= 0.6 is 11.6 Å². The third-order valence-corrected chi connectivity index (χ3v) is 7.13. The molecule has 0 spiro atoms. The third-order valence-electron chi connectivity index (χ3n) is 4.60. The molecule has 0 amide bonds. The van der Waals surface area contributed by atoms with Crippen LogP contribution in [0, 0.1) is 5.82 Å². The van der Waals surface area contributed by atoms with Crippen LogP contribution < -0.4 is 10.2 Å². The Hall–Kier alpha value is -1.84. The average Bonchev–Trinajstić information content (AvgIpc) is 3.04. The predicted molar refractivity (Wildman–Crippen MR) is 108 cm³/mol. The molecule has 1 atom stereocenters. The lowest BCUT2D eigenvalue weighted by molar-refractivity contribution is 0.600. The second-order valence-corrected chi connectivity index (χ2v) is 11.3. The second kappa shape index (κ2) is 7.53. The summed E-state index contributed by atoms with van der Waals surface area (Å²) in [6.45, 7) is 1.26. The molecule has 1 N–H and O–H groups in total. The zero-order valence-electron chi connectivity index (χ0n) is 15.3. The molecule has 2 aromatic carbocycles. The molecule has 1 unspecified atom stereocenters. The number of benzene rings is 2. The Balaban J connectivity index is 1.83. The van der Waals surface area contributed by atoms with Crippen LogP contribution in [0.5, 0.6) is 0 Å². The molecule has 10 heteroatoms. The highest BCUT2D eigenvalue weighted by Crippen LogP contribution is 2.29. The first-order valence-corrected chi connectivity index (χ1v) is 12.6. The molecular weight excluding hydrogens is 427 g/mol. The topological polar surface area (TPSA) is 83.6 Å². The van der Waals surface area contributed by atoms with Crippen LogP contribution in [0.2, 0.25) is 5.02 Å². The number of nitrogens with one attached hydrogen (secondary N) is 1. The Morgan fingerprint density at radius 2 is 1.79 bits per heavy atom. The van der Waals surface area contributed by atoms with Crippen LogP contribution in [0.3, 0.4) is 0 Å². The molecule has 152 valence electrons. The molecule has 2 aromatic rings. The maximum atomic E-state index is 13.4. The number of halogens is 2. The van der Waals surface area contributed by atoms with Crippen LogP contribution in [0.25, 0.3) is 0 Å². The van der Waals surface area contributed by atoms with Gasteiger partial charge in [-0.05, 0) is 42.8 Å². The zero-order chi connectivity index (χ0) is 20.7. The monoisotopic (exact) mass is 446 g/mol. The molecule has 0 bridgehead atoms. The van der Waals surface area contributed by atoms with E-state index in [2.05, 4.69) is 5.32 Å². The lowest BCUT2D eigenvalue weighted by Crippen LogP contribution is -2.26. The molecule has 0 radical (unpaired) electrons. The van der Waals surface area contributed by atoms with E-state index < -0.39 is 25.5 Å². The van der Waals surface area contributed by atoms with Gasteiger partial charge in [-0.2, -0.15) is 0 Å². The van der Waals surface area contributed by atoms with Crippen LogP contribution in [0.15, 0.2) is 46.2 Å². The highest BCUT2D eigenvalue weighted by Gasteiger charge is 2.25. The van der Waals surface area contributed by atoms with E-state index in [4.69, 9.17) is 11.6 Å². The summed E-state index contributed by atoms with van der Waals surface area (Å²) in [7, 11) is -7.16. The minimum atomic E-state index is -3.63. The van der Waals surface area contributed by atoms with E-state index >= 15 is 0 Å². The van der Waals surface area contributed by atoms with Gasteiger partial charge in [-0.15, -0.1) is 0 Å². The van der Waals surface area contributed by atoms with Gasteiger partial charge in [0.1, 0.15) is 5.82 Å². The predicted octanol–water partition coefficient (Wildman–Crippen LogP) is 2.98. The fourth-order valence-electron chi connectivity index (χ4n) is 3.17. The average molecular weight is 447 g/mol. The Morgan fingerprint density at radius 1 is 1.07 bits per heavy atom. The fourth-order valence-corrected chi connectivity index (χ4v) is 4.94. The SMILES string of the molecule is CS(=O)(=O)c1ccc(NC2CCN(c3ccc(F)c(Cl)c3)C2)c(S(C)(=O)=O)c1. The summed E-state index contributed by atoms with van der Waals surface area (Å²) in [5.74, 6) is -0.483. The van der Waals surface area contributed by atoms with Crippen molar-refractivity contribution in [2.45, 2.75) is 22.3 Å². The van der Waals surface area contributed by atoms with Crippen molar-refractivity contribution in [3.8, 4) is 0 Å². The van der Waals surface area contributed by atoms with Gasteiger partial charge < -0.3 is 10.2 Å². The molecule has 1 saturated heterocycles. The molecule has 6 nitrogen and oxygen atoms in total. The van der Waals surface area contributed by atoms with E-state index in [0.717, 1.165) is 24.6 Å². The van der Waals surface area contributed by atoms with Gasteiger partial charge in [0, 0.05) is 37.3 Å². The van der Waals surface area contributed by atoms with Crippen LogP contribution in [0.1, 0.15) is 6.42 Å². The van der Waals surface area contributed by atoms with Crippen LogP contribution in [-0.4, -0.2) is 48.5 Å². The summed E-state index contributed by atoms with van der Waals surface area (Å²) in [6, 6.07) is 8.49. The van der Waals surface area contributed by atoms with E-state index in [1.807, 2.05) is 4.90 Å². The minimum absolute atomic E-state index is 0.0460. The Morgan fingerprint density at radius 3 is 2.39 bits per heavy atom. The third kappa shape index (κ3) is 4.59. The fraction of sp³-hybridized carbons (Fsp3) is 0.333. The van der Waals surface area contributed by atoms with Crippen LogP contribution in [0.4, 0.5) is 15.8 Å². The molecule has 0 aliphatic carbocycles. The van der Waals surface area contributed by atoms with E-state index in [-0.39, 0.29) is 20.9 Å². The number of sulfone groups is 2. The normalized spacial score (nSPS) is 17.7. The van der Waals surface area contributed by atoms with E-state index in [0.29, 0.717) is 18.8 Å². The molecule has 3 rings (SSSR count). The summed E-state index contributed by atoms with van der Waals surface area (Å²) < 4.78 is 61.2. The Bertz CT molecular complexity index is 1120. The Labute approximate surface area is 169 Å². The highest BCUT2D eigenvalue weighted by molar-refractivity contribution is 7.91. The van der Waals surface area contributed by atoms with E-state index in [9.17, 15) is 21.2 Å². The first kappa shape index (κ1) is 20.9. The number of anilines is 2. The molecule has 1 aliphatic heterocycles. The van der Waals surface area contributed by atoms with Crippen molar-refractivity contribution in [1.29, 1.82) is 0 Å². The maximum Gasteiger partial charge on any atom is 0.177 e. The number of rotatable bonds is 5. The molecule has 28 heavy (non-hydrogen) atoms. The van der Waals surface area contributed by atoms with Crippen molar-refractivity contribution >= 4 is 42.7 Å². The number of nitrogens with zero attached hydrogens (tertiary/aromatic N) is 1. The minimum Gasteiger partial charge on any atom is -0.379 e. The number of hydrogen-bond acceptors (Lipinski definition) is 6.